The van der Waals surface area contributed by atoms with Crippen LogP contribution in [0, 0.1) is 5.41 Å². The normalized spacial score (nSPS) is 31.3. The van der Waals surface area contributed by atoms with Gasteiger partial charge >= 0.3 is 5.97 Å². The fraction of sp³-hybridized carbons (Fsp3) is 0.818. The van der Waals surface area contributed by atoms with Gasteiger partial charge in [-0.1, -0.05) is 13.8 Å². The molecule has 3 nitrogen and oxygen atoms in total. The van der Waals surface area contributed by atoms with Crippen LogP contribution in [-0.2, 0) is 14.3 Å². The molecule has 0 aromatic heterocycles. The quantitative estimate of drug-likeness (QED) is 0.606. The molecule has 0 bridgehead atoms. The van der Waals surface area contributed by atoms with Gasteiger partial charge in [-0.3, -0.25) is 9.59 Å². The lowest BCUT2D eigenvalue weighted by Gasteiger charge is -2.39. The number of carbonyl (C=O) groups excluding carboxylic acids is 2. The molecule has 0 heterocycles. The van der Waals surface area contributed by atoms with Gasteiger partial charge < -0.3 is 4.74 Å². The van der Waals surface area contributed by atoms with Gasteiger partial charge in [0.15, 0.2) is 11.4 Å². The highest BCUT2D eigenvalue weighted by Crippen LogP contribution is 2.39. The average molecular weight is 198 g/mol. The van der Waals surface area contributed by atoms with E-state index in [1.54, 1.807) is 6.92 Å². The number of carbonyl (C=O) groups is 2. The van der Waals surface area contributed by atoms with E-state index >= 15 is 0 Å². The van der Waals surface area contributed by atoms with E-state index in [1.165, 1.54) is 6.92 Å². The Kier molecular flexibility index (Phi) is 2.70. The molecule has 0 spiro atoms. The number of ketones is 1. The fourth-order valence-corrected chi connectivity index (χ4v) is 2.23. The van der Waals surface area contributed by atoms with E-state index in [0.717, 1.165) is 12.8 Å². The maximum Gasteiger partial charge on any atom is 0.303 e. The predicted molar refractivity (Wildman–Crippen MR) is 52.8 cm³/mol. The second-order valence-corrected chi connectivity index (χ2v) is 4.89. The second kappa shape index (κ2) is 3.37. The molecule has 0 radical (unpaired) electrons. The number of hydrogen-bond donors (Lipinski definition) is 0. The molecule has 0 aliphatic heterocycles. The van der Waals surface area contributed by atoms with Gasteiger partial charge in [-0.05, 0) is 26.2 Å². The van der Waals surface area contributed by atoms with Crippen LogP contribution in [-0.4, -0.2) is 17.4 Å². The van der Waals surface area contributed by atoms with Crippen molar-refractivity contribution in [2.24, 2.45) is 5.41 Å². The summed E-state index contributed by atoms with van der Waals surface area (Å²) in [6.45, 7) is 6.89. The molecule has 1 saturated carbocycles. The maximum absolute atomic E-state index is 12.0. The molecule has 1 rings (SSSR count). The third kappa shape index (κ3) is 1.97. The number of hydrogen-bond acceptors (Lipinski definition) is 3. The Morgan fingerprint density at radius 2 is 1.86 bits per heavy atom. The largest absolute Gasteiger partial charge is 0.452 e. The Morgan fingerprint density at radius 1 is 1.29 bits per heavy atom. The van der Waals surface area contributed by atoms with Crippen LogP contribution in [0.5, 0.6) is 0 Å². The minimum Gasteiger partial charge on any atom is -0.452 e. The van der Waals surface area contributed by atoms with Crippen LogP contribution in [0.15, 0.2) is 0 Å². The van der Waals surface area contributed by atoms with Crippen molar-refractivity contribution in [1.29, 1.82) is 0 Å². The van der Waals surface area contributed by atoms with Gasteiger partial charge in [-0.2, -0.15) is 0 Å². The topological polar surface area (TPSA) is 43.4 Å². The number of Topliss-reactive ketones (excluding diaryl/α,β-unsaturated/α-hetero) is 1. The van der Waals surface area contributed by atoms with Gasteiger partial charge in [0.1, 0.15) is 0 Å². The van der Waals surface area contributed by atoms with E-state index < -0.39 is 5.60 Å². The molecular weight excluding hydrogens is 180 g/mol. The van der Waals surface area contributed by atoms with E-state index in [0.29, 0.717) is 6.42 Å². The zero-order chi connectivity index (χ0) is 11.0. The first-order valence-corrected chi connectivity index (χ1v) is 5.02. The van der Waals surface area contributed by atoms with Gasteiger partial charge in [-0.15, -0.1) is 0 Å². The summed E-state index contributed by atoms with van der Waals surface area (Å²) >= 11 is 0. The van der Waals surface area contributed by atoms with Crippen molar-refractivity contribution in [2.75, 3.05) is 0 Å². The van der Waals surface area contributed by atoms with Crippen molar-refractivity contribution in [3.8, 4) is 0 Å². The zero-order valence-electron chi connectivity index (χ0n) is 9.35. The highest BCUT2D eigenvalue weighted by molar-refractivity contribution is 5.93. The third-order valence-corrected chi connectivity index (χ3v) is 2.92. The molecular formula is C11H18O3. The van der Waals surface area contributed by atoms with Crippen molar-refractivity contribution in [1.82, 2.24) is 0 Å². The summed E-state index contributed by atoms with van der Waals surface area (Å²) in [5, 5.41) is 0. The van der Waals surface area contributed by atoms with E-state index in [2.05, 4.69) is 0 Å². The van der Waals surface area contributed by atoms with Crippen LogP contribution < -0.4 is 0 Å². The Balaban J connectivity index is 2.88. The molecule has 0 saturated heterocycles. The molecule has 3 heteroatoms. The monoisotopic (exact) mass is 198 g/mol. The minimum atomic E-state index is -0.895. The molecule has 0 aromatic rings. The molecule has 1 atom stereocenters. The Hall–Kier alpha value is -0.860. The molecule has 1 aliphatic rings. The van der Waals surface area contributed by atoms with E-state index in [1.807, 2.05) is 13.8 Å². The first-order chi connectivity index (χ1) is 6.28. The van der Waals surface area contributed by atoms with Crippen LogP contribution in [0.1, 0.15) is 47.0 Å². The maximum atomic E-state index is 12.0. The predicted octanol–water partition coefficient (Wildman–Crippen LogP) is 2.09. The summed E-state index contributed by atoms with van der Waals surface area (Å²) in [5.74, 6) is -0.329. The molecule has 1 aliphatic carbocycles. The highest BCUT2D eigenvalue weighted by atomic mass is 16.6. The minimum absolute atomic E-state index is 0.0476. The molecule has 14 heavy (non-hydrogen) atoms. The molecule has 0 aromatic carbocycles. The lowest BCUT2D eigenvalue weighted by atomic mass is 9.69. The summed E-state index contributed by atoms with van der Waals surface area (Å²) in [5.41, 5.74) is -1.25. The lowest BCUT2D eigenvalue weighted by Crippen LogP contribution is -2.50. The number of esters is 1. The van der Waals surface area contributed by atoms with Crippen LogP contribution in [0.3, 0.4) is 0 Å². The van der Waals surface area contributed by atoms with Crippen LogP contribution >= 0.6 is 0 Å². The molecule has 1 fully saturated rings. The van der Waals surface area contributed by atoms with Gasteiger partial charge in [0, 0.05) is 12.3 Å². The molecule has 0 amide bonds. The third-order valence-electron chi connectivity index (χ3n) is 2.92. The van der Waals surface area contributed by atoms with E-state index in [4.69, 9.17) is 4.74 Å². The van der Waals surface area contributed by atoms with Crippen LogP contribution in [0.2, 0.25) is 0 Å². The fourth-order valence-electron chi connectivity index (χ4n) is 2.23. The molecule has 80 valence electrons. The molecule has 1 unspecified atom stereocenters. The summed E-state index contributed by atoms with van der Waals surface area (Å²) in [6.07, 6.45) is 2.46. The smallest absolute Gasteiger partial charge is 0.303 e. The SMILES string of the molecule is CC(=O)OC1(C)CCCC(C)(C)C1=O. The first kappa shape index (κ1) is 11.2. The zero-order valence-corrected chi connectivity index (χ0v) is 9.35. The Bertz CT molecular complexity index is 268. The van der Waals surface area contributed by atoms with Gasteiger partial charge in [0.25, 0.3) is 0 Å². The van der Waals surface area contributed by atoms with E-state index in [9.17, 15) is 9.59 Å². The van der Waals surface area contributed by atoms with Gasteiger partial charge in [0.05, 0.1) is 0 Å². The number of ether oxygens (including phenoxy) is 1. The van der Waals surface area contributed by atoms with Crippen molar-refractivity contribution < 1.29 is 14.3 Å². The first-order valence-electron chi connectivity index (χ1n) is 5.02. The van der Waals surface area contributed by atoms with Crippen molar-refractivity contribution in [2.45, 2.75) is 52.6 Å². The van der Waals surface area contributed by atoms with Crippen molar-refractivity contribution >= 4 is 11.8 Å². The van der Waals surface area contributed by atoms with Crippen LogP contribution in [0.25, 0.3) is 0 Å². The Morgan fingerprint density at radius 3 is 2.36 bits per heavy atom. The second-order valence-electron chi connectivity index (χ2n) is 4.89. The summed E-state index contributed by atoms with van der Waals surface area (Å²) in [7, 11) is 0. The Labute approximate surface area is 84.8 Å². The average Bonchev–Trinajstić information content (AvgIpc) is 1.98. The van der Waals surface area contributed by atoms with Crippen molar-refractivity contribution in [3.05, 3.63) is 0 Å². The van der Waals surface area contributed by atoms with E-state index in [-0.39, 0.29) is 17.2 Å². The van der Waals surface area contributed by atoms with Gasteiger partial charge in [0.2, 0.25) is 0 Å². The standard InChI is InChI=1S/C11H18O3/c1-8(12)14-11(4)7-5-6-10(2,3)9(11)13/h5-7H2,1-4H3. The number of rotatable bonds is 1. The van der Waals surface area contributed by atoms with Crippen molar-refractivity contribution in [3.63, 3.8) is 0 Å². The van der Waals surface area contributed by atoms with Gasteiger partial charge in [-0.25, -0.2) is 0 Å². The summed E-state index contributed by atoms with van der Waals surface area (Å²) < 4.78 is 5.14. The lowest BCUT2D eigenvalue weighted by molar-refractivity contribution is -0.172. The van der Waals surface area contributed by atoms with Crippen LogP contribution in [0.4, 0.5) is 0 Å². The molecule has 0 N–H and O–H groups in total. The summed E-state index contributed by atoms with van der Waals surface area (Å²) in [6, 6.07) is 0. The highest BCUT2D eigenvalue weighted by Gasteiger charge is 2.47. The summed E-state index contributed by atoms with van der Waals surface area (Å²) in [4.78, 5) is 22.9.